The highest BCUT2D eigenvalue weighted by molar-refractivity contribution is 9.10. The average Bonchev–Trinajstić information content (AvgIpc) is 2.77. The lowest BCUT2D eigenvalue weighted by atomic mass is 10.4. The van der Waals surface area contributed by atoms with E-state index in [-0.39, 0.29) is 15.9 Å². The SMILES string of the molecule is O=S(=O)(OC1=NN=C[SH]1CCF)c1ccc(Br)cc1. The highest BCUT2D eigenvalue weighted by Crippen LogP contribution is 2.31. The predicted molar refractivity (Wildman–Crippen MR) is 78.2 cm³/mol. The molecule has 0 aromatic heterocycles. The molecule has 1 aromatic rings. The molecule has 0 fully saturated rings. The van der Waals surface area contributed by atoms with Crippen LogP contribution in [0, 0.1) is 0 Å². The molecule has 0 spiro atoms. The summed E-state index contributed by atoms with van der Waals surface area (Å²) in [5.74, 6) is 0.160. The van der Waals surface area contributed by atoms with E-state index in [0.29, 0.717) is 0 Å². The molecule has 9 heteroatoms. The maximum atomic E-state index is 12.3. The van der Waals surface area contributed by atoms with Gasteiger partial charge in [0.2, 0.25) is 0 Å². The average molecular weight is 369 g/mol. The van der Waals surface area contributed by atoms with Gasteiger partial charge in [0, 0.05) is 10.2 Å². The molecule has 1 aromatic carbocycles. The molecule has 2 rings (SSSR count). The smallest absolute Gasteiger partial charge is 0.341 e. The van der Waals surface area contributed by atoms with Crippen LogP contribution < -0.4 is 0 Å². The third-order valence-corrected chi connectivity index (χ3v) is 5.78. The van der Waals surface area contributed by atoms with E-state index in [9.17, 15) is 12.8 Å². The summed E-state index contributed by atoms with van der Waals surface area (Å²) in [7, 11) is -5.15. The number of benzene rings is 1. The Kier molecular flexibility index (Phi) is 4.58. The molecule has 5 nitrogen and oxygen atoms in total. The van der Waals surface area contributed by atoms with Crippen LogP contribution in [0.3, 0.4) is 0 Å². The largest absolute Gasteiger partial charge is 0.352 e. The third-order valence-electron chi connectivity index (χ3n) is 2.19. The molecular formula is C10H10BrFN2O3S2. The molecule has 1 unspecified atom stereocenters. The summed E-state index contributed by atoms with van der Waals surface area (Å²) in [5.41, 5.74) is 1.43. The molecule has 0 saturated heterocycles. The van der Waals surface area contributed by atoms with Gasteiger partial charge in [-0.15, -0.1) is 21.1 Å². The second-order valence-corrected chi connectivity index (χ2v) is 7.95. The van der Waals surface area contributed by atoms with E-state index in [1.54, 1.807) is 12.1 Å². The molecule has 0 amide bonds. The van der Waals surface area contributed by atoms with E-state index in [4.69, 9.17) is 4.18 Å². The van der Waals surface area contributed by atoms with Gasteiger partial charge in [-0.1, -0.05) is 15.9 Å². The van der Waals surface area contributed by atoms with E-state index in [0.717, 1.165) is 4.47 Å². The molecule has 0 N–H and O–H groups in total. The maximum absolute atomic E-state index is 12.3. The number of hydrogen-bond acceptors (Lipinski definition) is 5. The Morgan fingerprint density at radius 3 is 2.63 bits per heavy atom. The second kappa shape index (κ2) is 6.02. The Balaban J connectivity index is 2.16. The molecule has 1 heterocycles. The van der Waals surface area contributed by atoms with Gasteiger partial charge in [-0.2, -0.15) is 8.42 Å². The van der Waals surface area contributed by atoms with Crippen LogP contribution in [0.5, 0.6) is 0 Å². The molecule has 1 aliphatic rings. The van der Waals surface area contributed by atoms with Crippen LogP contribution in [0.15, 0.2) is 43.8 Å². The van der Waals surface area contributed by atoms with E-state index in [1.807, 2.05) is 0 Å². The first-order chi connectivity index (χ1) is 9.03. The van der Waals surface area contributed by atoms with Gasteiger partial charge in [0.1, 0.15) is 4.90 Å². The Bertz CT molecular complexity index is 616. The first kappa shape index (κ1) is 14.5. The molecule has 1 atom stereocenters. The predicted octanol–water partition coefficient (Wildman–Crippen LogP) is 2.44. The highest BCUT2D eigenvalue weighted by atomic mass is 79.9. The van der Waals surface area contributed by atoms with Crippen LogP contribution >= 0.6 is 26.8 Å². The van der Waals surface area contributed by atoms with Gasteiger partial charge in [0.15, 0.2) is 0 Å². The fourth-order valence-electron chi connectivity index (χ4n) is 1.30. The lowest BCUT2D eigenvalue weighted by molar-refractivity contribution is 0.487. The van der Waals surface area contributed by atoms with Crippen molar-refractivity contribution in [3.63, 3.8) is 0 Å². The number of nitrogens with zero attached hydrogens (tertiary/aromatic N) is 2. The zero-order chi connectivity index (χ0) is 13.9. The Morgan fingerprint density at radius 1 is 1.32 bits per heavy atom. The Hall–Kier alpha value is -0.930. The molecule has 19 heavy (non-hydrogen) atoms. The summed E-state index contributed by atoms with van der Waals surface area (Å²) in [5, 5.41) is 7.15. The van der Waals surface area contributed by atoms with Gasteiger partial charge in [0.25, 0.3) is 5.23 Å². The van der Waals surface area contributed by atoms with E-state index in [2.05, 4.69) is 26.1 Å². The number of alkyl halides is 1. The molecule has 0 saturated carbocycles. The van der Waals surface area contributed by atoms with Crippen LogP contribution in [0.2, 0.25) is 0 Å². The molecule has 0 radical (unpaired) electrons. The summed E-state index contributed by atoms with van der Waals surface area (Å²) in [4.78, 5) is 0.0144. The topological polar surface area (TPSA) is 68.1 Å². The van der Waals surface area contributed by atoms with Gasteiger partial charge in [-0.25, -0.2) is 0 Å². The van der Waals surface area contributed by atoms with Gasteiger partial charge >= 0.3 is 10.1 Å². The summed E-state index contributed by atoms with van der Waals surface area (Å²) in [6, 6.07) is 6.00. The standard InChI is InChI=1S/C10H10BrFN2O3S2/c11-8-1-3-9(4-2-8)19(15,16)17-10-14-13-7-18(10)6-5-12/h1-4,7,18H,5-6H2. The molecule has 0 aliphatic carbocycles. The molecule has 0 bridgehead atoms. The van der Waals surface area contributed by atoms with Crippen molar-refractivity contribution in [2.75, 3.05) is 12.4 Å². The Morgan fingerprint density at radius 2 is 2.00 bits per heavy atom. The van der Waals surface area contributed by atoms with Gasteiger partial charge in [0.05, 0.1) is 12.2 Å². The Labute approximate surface area is 121 Å². The summed E-state index contributed by atoms with van der Waals surface area (Å²) < 4.78 is 42.0. The fraction of sp³-hybridized carbons (Fsp3) is 0.200. The van der Waals surface area contributed by atoms with Crippen molar-refractivity contribution in [1.82, 2.24) is 0 Å². The molecule has 104 valence electrons. The van der Waals surface area contributed by atoms with Crippen molar-refractivity contribution in [3.05, 3.63) is 28.7 Å². The minimum Gasteiger partial charge on any atom is -0.352 e. The maximum Gasteiger partial charge on any atom is 0.341 e. The summed E-state index contributed by atoms with van der Waals surface area (Å²) in [6.45, 7) is -0.571. The van der Waals surface area contributed by atoms with Crippen molar-refractivity contribution >= 4 is 47.7 Å². The minimum atomic E-state index is -3.95. The van der Waals surface area contributed by atoms with Gasteiger partial charge in [-0.05, 0) is 24.3 Å². The first-order valence-corrected chi connectivity index (χ1v) is 8.96. The fourth-order valence-corrected chi connectivity index (χ4v) is 3.97. The number of rotatable bonds is 4. The lowest BCUT2D eigenvalue weighted by Crippen LogP contribution is -2.14. The van der Waals surface area contributed by atoms with Crippen molar-refractivity contribution < 1.29 is 17.0 Å². The van der Waals surface area contributed by atoms with E-state index in [1.165, 1.54) is 17.7 Å². The minimum absolute atomic E-state index is 0.0144. The highest BCUT2D eigenvalue weighted by Gasteiger charge is 2.24. The zero-order valence-corrected chi connectivity index (χ0v) is 12.8. The quantitative estimate of drug-likeness (QED) is 0.655. The van der Waals surface area contributed by atoms with Crippen molar-refractivity contribution in [3.8, 4) is 0 Å². The van der Waals surface area contributed by atoms with Crippen molar-refractivity contribution in [1.29, 1.82) is 0 Å². The van der Waals surface area contributed by atoms with Crippen molar-refractivity contribution in [2.24, 2.45) is 10.2 Å². The van der Waals surface area contributed by atoms with Crippen LogP contribution in [0.1, 0.15) is 0 Å². The van der Waals surface area contributed by atoms with Gasteiger partial charge in [-0.3, -0.25) is 4.39 Å². The van der Waals surface area contributed by atoms with Crippen LogP contribution in [-0.2, 0) is 14.3 Å². The zero-order valence-electron chi connectivity index (χ0n) is 9.53. The first-order valence-electron chi connectivity index (χ1n) is 5.17. The second-order valence-electron chi connectivity index (χ2n) is 3.49. The van der Waals surface area contributed by atoms with E-state index >= 15 is 0 Å². The monoisotopic (exact) mass is 368 g/mol. The summed E-state index contributed by atoms with van der Waals surface area (Å²) in [6.07, 6.45) is 0. The number of hydrogen-bond donors (Lipinski definition) is 1. The van der Waals surface area contributed by atoms with Crippen LogP contribution in [0.4, 0.5) is 4.39 Å². The van der Waals surface area contributed by atoms with Gasteiger partial charge < -0.3 is 4.18 Å². The van der Waals surface area contributed by atoms with Crippen molar-refractivity contribution in [2.45, 2.75) is 4.90 Å². The number of thiol groups is 1. The number of halogens is 2. The lowest BCUT2D eigenvalue weighted by Gasteiger charge is -2.13. The molecule has 1 aliphatic heterocycles. The van der Waals surface area contributed by atoms with E-state index < -0.39 is 27.7 Å². The summed E-state index contributed by atoms with van der Waals surface area (Å²) >= 11 is 3.21. The molecular weight excluding hydrogens is 359 g/mol. The third kappa shape index (κ3) is 3.54. The van der Waals surface area contributed by atoms with Crippen LogP contribution in [0.25, 0.3) is 0 Å². The van der Waals surface area contributed by atoms with Crippen LogP contribution in [-0.4, -0.2) is 31.6 Å². The normalized spacial score (nSPS) is 20.3.